The third kappa shape index (κ3) is 2.33. The van der Waals surface area contributed by atoms with E-state index in [4.69, 9.17) is 11.6 Å². The Morgan fingerprint density at radius 3 is 2.52 bits per heavy atom. The number of fused-ring (bicyclic) bond motifs is 1. The van der Waals surface area contributed by atoms with Gasteiger partial charge in [-0.15, -0.1) is 0 Å². The highest BCUT2D eigenvalue weighted by atomic mass is 35.5. The summed E-state index contributed by atoms with van der Waals surface area (Å²) in [6, 6.07) is 6.77. The molecule has 1 aromatic carbocycles. The van der Waals surface area contributed by atoms with Gasteiger partial charge in [0.25, 0.3) is 10.0 Å². The number of rotatable bonds is 3. The molecule has 1 saturated carbocycles. The van der Waals surface area contributed by atoms with Crippen LogP contribution in [0.4, 0.5) is 0 Å². The molecule has 0 N–H and O–H groups in total. The van der Waals surface area contributed by atoms with Gasteiger partial charge in [-0.25, -0.2) is 22.4 Å². The van der Waals surface area contributed by atoms with Gasteiger partial charge in [-0.2, -0.15) is 0 Å². The molecule has 0 saturated heterocycles. The van der Waals surface area contributed by atoms with Crippen molar-refractivity contribution in [3.05, 3.63) is 53.1 Å². The topological polar surface area (TPSA) is 64.8 Å². The van der Waals surface area contributed by atoms with Gasteiger partial charge in [0.1, 0.15) is 11.5 Å². The first-order valence-electron chi connectivity index (χ1n) is 7.32. The number of aryl methyl sites for hydroxylation is 1. The van der Waals surface area contributed by atoms with Gasteiger partial charge in [-0.1, -0.05) is 29.3 Å². The van der Waals surface area contributed by atoms with E-state index in [1.165, 1.54) is 10.3 Å². The minimum atomic E-state index is -3.72. The Labute approximate surface area is 139 Å². The smallest absolute Gasteiger partial charge is 0.224 e. The predicted octanol–water partition coefficient (Wildman–Crippen LogP) is 3.51. The highest BCUT2D eigenvalue weighted by Gasteiger charge is 2.31. The molecule has 0 unspecified atom stereocenters. The first kappa shape index (κ1) is 14.7. The molecular weight excluding hydrogens is 334 g/mol. The van der Waals surface area contributed by atoms with Crippen LogP contribution in [0.5, 0.6) is 0 Å². The van der Waals surface area contributed by atoms with Gasteiger partial charge in [0, 0.05) is 6.20 Å². The molecule has 0 amide bonds. The Kier molecular flexibility index (Phi) is 3.21. The van der Waals surface area contributed by atoms with Crippen LogP contribution in [0.3, 0.4) is 0 Å². The Morgan fingerprint density at radius 1 is 1.17 bits per heavy atom. The predicted molar refractivity (Wildman–Crippen MR) is 88.3 cm³/mol. The quantitative estimate of drug-likeness (QED) is 0.680. The van der Waals surface area contributed by atoms with Gasteiger partial charge >= 0.3 is 0 Å². The van der Waals surface area contributed by atoms with Crippen molar-refractivity contribution >= 4 is 32.7 Å². The molecule has 7 heteroatoms. The Hall–Kier alpha value is -1.92. The Bertz CT molecular complexity index is 1010. The zero-order chi connectivity index (χ0) is 16.2. The monoisotopic (exact) mass is 347 g/mol. The van der Waals surface area contributed by atoms with Crippen LogP contribution in [0.1, 0.15) is 29.9 Å². The first-order chi connectivity index (χ1) is 11.0. The van der Waals surface area contributed by atoms with E-state index in [1.807, 2.05) is 6.92 Å². The number of hydrogen-bond donors (Lipinski definition) is 0. The molecule has 0 spiro atoms. The lowest BCUT2D eigenvalue weighted by Gasteiger charge is -2.07. The fourth-order valence-corrected chi connectivity index (χ4v) is 4.30. The van der Waals surface area contributed by atoms with E-state index in [1.54, 1.807) is 30.5 Å². The Balaban J connectivity index is 1.98. The largest absolute Gasteiger partial charge is 0.269 e. The molecule has 2 heterocycles. The molecule has 0 radical (unpaired) electrons. The van der Waals surface area contributed by atoms with E-state index in [2.05, 4.69) is 9.97 Å². The van der Waals surface area contributed by atoms with Gasteiger partial charge in [0.05, 0.1) is 10.3 Å². The van der Waals surface area contributed by atoms with Crippen molar-refractivity contribution in [1.82, 2.24) is 13.9 Å². The molecule has 4 rings (SSSR count). The molecule has 23 heavy (non-hydrogen) atoms. The van der Waals surface area contributed by atoms with Crippen LogP contribution in [0.25, 0.3) is 11.0 Å². The van der Waals surface area contributed by atoms with Gasteiger partial charge in [-0.05, 0) is 43.4 Å². The molecule has 118 valence electrons. The third-order valence-corrected chi connectivity index (χ3v) is 6.08. The highest BCUT2D eigenvalue weighted by Crippen LogP contribution is 2.45. The van der Waals surface area contributed by atoms with Gasteiger partial charge in [-0.3, -0.25) is 0 Å². The van der Waals surface area contributed by atoms with Gasteiger partial charge in [0.2, 0.25) is 0 Å². The summed E-state index contributed by atoms with van der Waals surface area (Å²) in [5.41, 5.74) is 2.26. The van der Waals surface area contributed by atoms with Crippen molar-refractivity contribution in [3.63, 3.8) is 0 Å². The summed E-state index contributed by atoms with van der Waals surface area (Å²) in [6.07, 6.45) is 5.02. The molecule has 5 nitrogen and oxygen atoms in total. The van der Waals surface area contributed by atoms with Gasteiger partial charge < -0.3 is 0 Å². The van der Waals surface area contributed by atoms with E-state index in [-0.39, 0.29) is 4.90 Å². The summed E-state index contributed by atoms with van der Waals surface area (Å²) in [6.45, 7) is 1.92. The summed E-state index contributed by atoms with van der Waals surface area (Å²) in [4.78, 5) is 8.41. The van der Waals surface area contributed by atoms with E-state index in [0.29, 0.717) is 22.1 Å². The van der Waals surface area contributed by atoms with E-state index in [9.17, 15) is 8.42 Å². The lowest BCUT2D eigenvalue weighted by molar-refractivity contribution is 0.588. The molecule has 1 aliphatic carbocycles. The van der Waals surface area contributed by atoms with Crippen LogP contribution in [-0.2, 0) is 10.0 Å². The fraction of sp³-hybridized carbons (Fsp3) is 0.250. The Morgan fingerprint density at radius 2 is 1.87 bits per heavy atom. The van der Waals surface area contributed by atoms with Crippen molar-refractivity contribution in [3.8, 4) is 0 Å². The summed E-state index contributed by atoms with van der Waals surface area (Å²) >= 11 is 6.20. The average molecular weight is 348 g/mol. The second-order valence-corrected chi connectivity index (χ2v) is 8.01. The van der Waals surface area contributed by atoms with Crippen molar-refractivity contribution in [1.29, 1.82) is 0 Å². The summed E-state index contributed by atoms with van der Waals surface area (Å²) in [5, 5.41) is 0.946. The van der Waals surface area contributed by atoms with Crippen LogP contribution in [0, 0.1) is 6.92 Å². The molecule has 1 aliphatic rings. The highest BCUT2D eigenvalue weighted by molar-refractivity contribution is 7.90. The number of halogens is 1. The molecule has 0 atom stereocenters. The second kappa shape index (κ2) is 5.04. The molecule has 3 aromatic rings. The average Bonchev–Trinajstić information content (AvgIpc) is 3.28. The molecule has 1 fully saturated rings. The number of aromatic nitrogens is 3. The van der Waals surface area contributed by atoms with Gasteiger partial charge in [0.15, 0.2) is 5.65 Å². The summed E-state index contributed by atoms with van der Waals surface area (Å²) < 4.78 is 27.2. The second-order valence-electron chi connectivity index (χ2n) is 5.84. The van der Waals surface area contributed by atoms with Crippen LogP contribution in [0.2, 0.25) is 5.15 Å². The number of benzene rings is 1. The number of nitrogens with zero attached hydrogens (tertiary/aromatic N) is 3. The van der Waals surface area contributed by atoms with Crippen LogP contribution in [0.15, 0.2) is 41.7 Å². The minimum Gasteiger partial charge on any atom is -0.224 e. The molecular formula is C16H14ClN3O2S. The van der Waals surface area contributed by atoms with Crippen molar-refractivity contribution < 1.29 is 8.42 Å². The normalized spacial score (nSPS) is 15.2. The van der Waals surface area contributed by atoms with E-state index >= 15 is 0 Å². The van der Waals surface area contributed by atoms with E-state index < -0.39 is 10.0 Å². The number of hydrogen-bond acceptors (Lipinski definition) is 4. The fourth-order valence-electron chi connectivity index (χ4n) is 2.73. The lowest BCUT2D eigenvalue weighted by atomic mass is 10.2. The maximum atomic E-state index is 13.0. The first-order valence-corrected chi connectivity index (χ1v) is 9.14. The maximum absolute atomic E-state index is 13.0. The van der Waals surface area contributed by atoms with E-state index in [0.717, 1.165) is 24.0 Å². The molecule has 2 aromatic heterocycles. The van der Waals surface area contributed by atoms with Crippen molar-refractivity contribution in [2.24, 2.45) is 0 Å². The summed E-state index contributed by atoms with van der Waals surface area (Å²) in [7, 11) is -3.72. The zero-order valence-corrected chi connectivity index (χ0v) is 14.0. The van der Waals surface area contributed by atoms with Crippen LogP contribution in [-0.4, -0.2) is 22.4 Å². The van der Waals surface area contributed by atoms with Crippen LogP contribution < -0.4 is 0 Å². The third-order valence-electron chi connectivity index (χ3n) is 4.13. The molecule has 0 aliphatic heterocycles. The minimum absolute atomic E-state index is 0.233. The van der Waals surface area contributed by atoms with Crippen LogP contribution >= 0.6 is 11.6 Å². The molecule has 0 bridgehead atoms. The zero-order valence-electron chi connectivity index (χ0n) is 12.4. The van der Waals surface area contributed by atoms with Crippen molar-refractivity contribution in [2.45, 2.75) is 30.6 Å². The standard InChI is InChI=1S/C16H14ClN3O2S/c1-10-2-6-12(7-3-10)23(21,22)20-8-13(11-4-5-11)14-15(17)18-9-19-16(14)20/h2-3,6-9,11H,4-5H2,1H3. The maximum Gasteiger partial charge on any atom is 0.269 e. The summed E-state index contributed by atoms with van der Waals surface area (Å²) in [5.74, 6) is 0.343. The SMILES string of the molecule is Cc1ccc(S(=O)(=O)n2cc(C3CC3)c3c(Cl)ncnc32)cc1. The lowest BCUT2D eigenvalue weighted by Crippen LogP contribution is -2.12. The van der Waals surface area contributed by atoms with Crippen molar-refractivity contribution in [2.75, 3.05) is 0 Å².